The monoisotopic (exact) mass is 281 g/mol. The molecule has 1 aromatic heterocycles. The zero-order chi connectivity index (χ0) is 14.8. The number of carbonyl (C=O) groups is 2. The number of nitrogens with zero attached hydrogens (tertiary/aromatic N) is 1. The molecule has 0 bridgehead atoms. The highest BCUT2D eigenvalue weighted by molar-refractivity contribution is 5.93. The second-order valence-electron chi connectivity index (χ2n) is 5.50. The molecule has 0 saturated heterocycles. The van der Waals surface area contributed by atoms with Crippen molar-refractivity contribution in [1.29, 1.82) is 0 Å². The van der Waals surface area contributed by atoms with E-state index in [1.54, 1.807) is 13.0 Å². The summed E-state index contributed by atoms with van der Waals surface area (Å²) in [5.74, 6) is -0.909. The van der Waals surface area contributed by atoms with Crippen LogP contribution < -0.4 is 5.32 Å². The van der Waals surface area contributed by atoms with Crippen molar-refractivity contribution in [3.05, 3.63) is 17.5 Å². The molecule has 1 aromatic rings. The summed E-state index contributed by atoms with van der Waals surface area (Å²) in [5.41, 5.74) is 0.276. The Balaban J connectivity index is 2.04. The Labute approximate surface area is 116 Å². The van der Waals surface area contributed by atoms with Crippen LogP contribution in [0, 0.1) is 0 Å². The third-order valence-corrected chi connectivity index (χ3v) is 3.27. The first kappa shape index (κ1) is 14.5. The number of hydrogen-bond donors (Lipinski definition) is 3. The van der Waals surface area contributed by atoms with Crippen LogP contribution in [0.5, 0.6) is 0 Å². The minimum Gasteiger partial charge on any atom is -0.481 e. The van der Waals surface area contributed by atoms with E-state index in [-0.39, 0.29) is 18.7 Å². The summed E-state index contributed by atoms with van der Waals surface area (Å²) >= 11 is 0. The first-order valence-corrected chi connectivity index (χ1v) is 6.52. The molecule has 0 aromatic carbocycles. The van der Waals surface area contributed by atoms with Gasteiger partial charge in [-0.15, -0.1) is 0 Å². The van der Waals surface area contributed by atoms with Crippen molar-refractivity contribution in [2.24, 2.45) is 0 Å². The highest BCUT2D eigenvalue weighted by Crippen LogP contribution is 2.38. The second-order valence-corrected chi connectivity index (χ2v) is 5.50. The third kappa shape index (κ3) is 3.57. The Kier molecular flexibility index (Phi) is 4.08. The number of amides is 1. The maximum atomic E-state index is 12.1. The highest BCUT2D eigenvalue weighted by Gasteiger charge is 2.32. The van der Waals surface area contributed by atoms with Crippen LogP contribution in [0.4, 0.5) is 0 Å². The van der Waals surface area contributed by atoms with Crippen molar-refractivity contribution in [2.45, 2.75) is 37.6 Å². The molecule has 1 heterocycles. The summed E-state index contributed by atoms with van der Waals surface area (Å²) in [6.45, 7) is 1.75. The number of aliphatic carboxylic acids is 1. The fraction of sp³-hybridized carbons (Fsp3) is 0.615. The van der Waals surface area contributed by atoms with Gasteiger partial charge in [-0.3, -0.25) is 14.7 Å². The summed E-state index contributed by atoms with van der Waals surface area (Å²) in [6, 6.07) is 1.72. The summed E-state index contributed by atoms with van der Waals surface area (Å²) in [7, 11) is 1.46. The number of nitrogens with one attached hydrogen (secondary N) is 2. The molecule has 0 radical (unpaired) electrons. The van der Waals surface area contributed by atoms with Gasteiger partial charge < -0.3 is 15.2 Å². The predicted octanol–water partition coefficient (Wildman–Crippen LogP) is 0.897. The van der Waals surface area contributed by atoms with Gasteiger partial charge in [0.1, 0.15) is 5.69 Å². The molecule has 0 spiro atoms. The van der Waals surface area contributed by atoms with Crippen molar-refractivity contribution in [2.75, 3.05) is 13.7 Å². The van der Waals surface area contributed by atoms with Gasteiger partial charge in [0.05, 0.1) is 18.6 Å². The number of aromatic amines is 1. The molecule has 0 aliphatic heterocycles. The van der Waals surface area contributed by atoms with Gasteiger partial charge in [0.2, 0.25) is 0 Å². The zero-order valence-corrected chi connectivity index (χ0v) is 11.6. The quantitative estimate of drug-likeness (QED) is 0.688. The Bertz CT molecular complexity index is 509. The molecule has 1 unspecified atom stereocenters. The predicted molar refractivity (Wildman–Crippen MR) is 70.6 cm³/mol. The normalized spacial score (nSPS) is 17.5. The van der Waals surface area contributed by atoms with Crippen molar-refractivity contribution >= 4 is 11.9 Å². The van der Waals surface area contributed by atoms with Gasteiger partial charge in [-0.25, -0.2) is 0 Å². The van der Waals surface area contributed by atoms with E-state index >= 15 is 0 Å². The van der Waals surface area contributed by atoms with Crippen LogP contribution in [0.3, 0.4) is 0 Å². The van der Waals surface area contributed by atoms with Crippen LogP contribution in [0.2, 0.25) is 0 Å². The molecule has 1 aliphatic carbocycles. The first-order valence-electron chi connectivity index (χ1n) is 6.52. The molecule has 1 saturated carbocycles. The number of aromatic nitrogens is 2. The number of hydrogen-bond acceptors (Lipinski definition) is 4. The van der Waals surface area contributed by atoms with Gasteiger partial charge in [0.25, 0.3) is 5.91 Å². The van der Waals surface area contributed by atoms with Crippen molar-refractivity contribution in [1.82, 2.24) is 15.5 Å². The number of carbonyl (C=O) groups excluding carboxylic acids is 1. The molecule has 110 valence electrons. The van der Waals surface area contributed by atoms with E-state index in [1.807, 2.05) is 0 Å². The zero-order valence-electron chi connectivity index (χ0n) is 11.6. The molecule has 20 heavy (non-hydrogen) atoms. The fourth-order valence-electron chi connectivity index (χ4n) is 2.18. The van der Waals surface area contributed by atoms with Gasteiger partial charge in [0, 0.05) is 18.7 Å². The number of carboxylic acid groups (broad SMARTS) is 1. The molecule has 1 amide bonds. The first-order chi connectivity index (χ1) is 9.43. The van der Waals surface area contributed by atoms with E-state index in [4.69, 9.17) is 9.84 Å². The minimum atomic E-state index is -0.995. The van der Waals surface area contributed by atoms with Crippen LogP contribution in [-0.4, -0.2) is 46.4 Å². The van der Waals surface area contributed by atoms with Gasteiger partial charge in [-0.1, -0.05) is 0 Å². The lowest BCUT2D eigenvalue weighted by molar-refractivity contribution is -0.139. The van der Waals surface area contributed by atoms with Crippen molar-refractivity contribution in [3.8, 4) is 0 Å². The summed E-state index contributed by atoms with van der Waals surface area (Å²) < 4.78 is 4.99. The lowest BCUT2D eigenvalue weighted by atomic mass is 9.98. The van der Waals surface area contributed by atoms with E-state index < -0.39 is 17.4 Å². The van der Waals surface area contributed by atoms with Gasteiger partial charge >= 0.3 is 5.97 Å². The lowest BCUT2D eigenvalue weighted by Crippen LogP contribution is -2.50. The summed E-state index contributed by atoms with van der Waals surface area (Å²) in [6.07, 6.45) is 2.01. The van der Waals surface area contributed by atoms with E-state index in [9.17, 15) is 9.59 Å². The van der Waals surface area contributed by atoms with Crippen molar-refractivity contribution < 1.29 is 19.4 Å². The van der Waals surface area contributed by atoms with Gasteiger partial charge in [0.15, 0.2) is 0 Å². The summed E-state index contributed by atoms with van der Waals surface area (Å²) in [5, 5.41) is 18.4. The maximum absolute atomic E-state index is 12.1. The average molecular weight is 281 g/mol. The Hall–Kier alpha value is -1.89. The molecule has 1 atom stereocenters. The second kappa shape index (κ2) is 5.62. The summed E-state index contributed by atoms with van der Waals surface area (Å²) in [4.78, 5) is 23.0. The molecule has 7 nitrogen and oxygen atoms in total. The van der Waals surface area contributed by atoms with Crippen LogP contribution >= 0.6 is 0 Å². The molecule has 7 heteroatoms. The van der Waals surface area contributed by atoms with E-state index in [2.05, 4.69) is 15.5 Å². The van der Waals surface area contributed by atoms with E-state index in [0.717, 1.165) is 18.5 Å². The SMILES string of the molecule is COCC(C)(CC(=O)O)NC(=O)c1cc(C2CC2)[nH]n1. The highest BCUT2D eigenvalue weighted by atomic mass is 16.5. The van der Waals surface area contributed by atoms with Crippen molar-refractivity contribution in [3.63, 3.8) is 0 Å². The average Bonchev–Trinajstić information content (AvgIpc) is 3.05. The number of methoxy groups -OCH3 is 1. The van der Waals surface area contributed by atoms with Crippen LogP contribution in [0.1, 0.15) is 48.3 Å². The Morgan fingerprint density at radius 3 is 2.85 bits per heavy atom. The standard InChI is InChI=1S/C13H19N3O4/c1-13(7-20-2,6-11(17)18)14-12(19)10-5-9(15-16-10)8-3-4-8/h5,8H,3-4,6-7H2,1-2H3,(H,14,19)(H,15,16)(H,17,18). The van der Waals surface area contributed by atoms with E-state index in [0.29, 0.717) is 5.92 Å². The van der Waals surface area contributed by atoms with Crippen LogP contribution in [0.25, 0.3) is 0 Å². The van der Waals surface area contributed by atoms with Crippen LogP contribution in [-0.2, 0) is 9.53 Å². The molecule has 1 fully saturated rings. The minimum absolute atomic E-state index is 0.116. The Morgan fingerprint density at radius 2 is 2.30 bits per heavy atom. The molecule has 1 aliphatic rings. The van der Waals surface area contributed by atoms with Gasteiger partial charge in [-0.2, -0.15) is 5.10 Å². The molecular formula is C13H19N3O4. The molecule has 2 rings (SSSR count). The lowest BCUT2D eigenvalue weighted by Gasteiger charge is -2.27. The van der Waals surface area contributed by atoms with Gasteiger partial charge in [-0.05, 0) is 25.8 Å². The number of H-pyrrole nitrogens is 1. The number of ether oxygens (including phenoxy) is 1. The third-order valence-electron chi connectivity index (χ3n) is 3.27. The fourth-order valence-corrected chi connectivity index (χ4v) is 2.18. The molecular weight excluding hydrogens is 262 g/mol. The van der Waals surface area contributed by atoms with E-state index in [1.165, 1.54) is 7.11 Å². The topological polar surface area (TPSA) is 104 Å². The maximum Gasteiger partial charge on any atom is 0.305 e. The Morgan fingerprint density at radius 1 is 1.60 bits per heavy atom. The smallest absolute Gasteiger partial charge is 0.305 e. The van der Waals surface area contributed by atoms with Crippen LogP contribution in [0.15, 0.2) is 6.07 Å². The largest absolute Gasteiger partial charge is 0.481 e. The number of rotatable bonds is 7. The number of carboxylic acids is 1. The molecule has 3 N–H and O–H groups in total.